The van der Waals surface area contributed by atoms with E-state index in [1.807, 2.05) is 56.1 Å². The molecule has 1 atom stereocenters. The van der Waals surface area contributed by atoms with Crippen LogP contribution in [0.4, 0.5) is 4.79 Å². The second kappa shape index (κ2) is 8.63. The van der Waals surface area contributed by atoms with Crippen molar-refractivity contribution in [3.8, 4) is 0 Å². The molecular formula is C19H24N2OS. The number of nitrogens with zero attached hydrogens (tertiary/aromatic N) is 1. The summed E-state index contributed by atoms with van der Waals surface area (Å²) in [7, 11) is 1.82. The molecule has 0 heterocycles. The molecule has 1 N–H and O–H groups in total. The molecule has 23 heavy (non-hydrogen) atoms. The third-order valence-electron chi connectivity index (χ3n) is 3.64. The van der Waals surface area contributed by atoms with Crippen molar-refractivity contribution < 1.29 is 4.79 Å². The molecule has 2 aromatic rings. The van der Waals surface area contributed by atoms with Crippen LogP contribution in [0.1, 0.15) is 31.0 Å². The number of rotatable bonds is 6. The molecule has 3 nitrogen and oxygen atoms in total. The molecule has 0 bridgehead atoms. The minimum Gasteiger partial charge on any atom is -0.331 e. The summed E-state index contributed by atoms with van der Waals surface area (Å²) in [6, 6.07) is 18.3. The maximum atomic E-state index is 12.3. The minimum absolute atomic E-state index is 0.0126. The van der Waals surface area contributed by atoms with Gasteiger partial charge in [-0.3, -0.25) is 0 Å². The number of nitrogens with one attached hydrogen (secondary N) is 1. The van der Waals surface area contributed by atoms with Crippen molar-refractivity contribution in [2.75, 3.05) is 12.8 Å². The molecule has 2 amide bonds. The Morgan fingerprint density at radius 3 is 2.39 bits per heavy atom. The van der Waals surface area contributed by atoms with E-state index in [0.29, 0.717) is 6.54 Å². The first-order chi connectivity index (χ1) is 11.1. The van der Waals surface area contributed by atoms with Gasteiger partial charge in [-0.05, 0) is 35.9 Å². The van der Waals surface area contributed by atoms with Crippen LogP contribution in [0, 0.1) is 0 Å². The highest BCUT2D eigenvalue weighted by Gasteiger charge is 2.13. The molecule has 2 rings (SSSR count). The van der Waals surface area contributed by atoms with Crippen molar-refractivity contribution >= 4 is 17.8 Å². The lowest BCUT2D eigenvalue weighted by atomic mass is 10.1. The molecule has 0 saturated heterocycles. The second-order valence-electron chi connectivity index (χ2n) is 5.51. The number of urea groups is 1. The quantitative estimate of drug-likeness (QED) is 0.780. The van der Waals surface area contributed by atoms with Crippen molar-refractivity contribution in [3.05, 3.63) is 65.7 Å². The summed E-state index contributed by atoms with van der Waals surface area (Å²) in [5, 5.41) is 3.05. The summed E-state index contributed by atoms with van der Waals surface area (Å²) in [6.45, 7) is 4.76. The van der Waals surface area contributed by atoms with Crippen molar-refractivity contribution in [1.29, 1.82) is 0 Å². The normalized spacial score (nSPS) is 11.8. The zero-order chi connectivity index (χ0) is 16.7. The molecule has 0 aliphatic carbocycles. The van der Waals surface area contributed by atoms with Gasteiger partial charge in [-0.25, -0.2) is 4.79 Å². The third kappa shape index (κ3) is 5.32. The van der Waals surface area contributed by atoms with Gasteiger partial charge in [-0.1, -0.05) is 49.4 Å². The standard InChI is InChI=1S/C19H24N2OS/c1-4-23-18-12-10-17(11-13-18)15(2)20-19(22)21(3)14-16-8-6-5-7-9-16/h5-13,15H,4,14H2,1-3H3,(H,20,22). The highest BCUT2D eigenvalue weighted by molar-refractivity contribution is 7.99. The monoisotopic (exact) mass is 328 g/mol. The third-order valence-corrected chi connectivity index (χ3v) is 4.53. The lowest BCUT2D eigenvalue weighted by molar-refractivity contribution is 0.203. The average molecular weight is 328 g/mol. The summed E-state index contributed by atoms with van der Waals surface area (Å²) < 4.78 is 0. The van der Waals surface area contributed by atoms with E-state index in [2.05, 4.69) is 36.5 Å². The van der Waals surface area contributed by atoms with Crippen molar-refractivity contribution in [1.82, 2.24) is 10.2 Å². The summed E-state index contributed by atoms with van der Waals surface area (Å²) >= 11 is 1.82. The Bertz CT molecular complexity index is 613. The largest absolute Gasteiger partial charge is 0.331 e. The molecule has 0 saturated carbocycles. The van der Waals surface area contributed by atoms with E-state index >= 15 is 0 Å². The van der Waals surface area contributed by atoms with Crippen LogP contribution < -0.4 is 5.32 Å². The fraction of sp³-hybridized carbons (Fsp3) is 0.316. The molecule has 122 valence electrons. The van der Waals surface area contributed by atoms with Gasteiger partial charge in [0.05, 0.1) is 6.04 Å². The summed E-state index contributed by atoms with van der Waals surface area (Å²) in [5.41, 5.74) is 2.24. The fourth-order valence-electron chi connectivity index (χ4n) is 2.33. The Labute approximate surface area is 143 Å². The predicted molar refractivity (Wildman–Crippen MR) is 97.7 cm³/mol. The van der Waals surface area contributed by atoms with Crippen molar-refractivity contribution in [2.24, 2.45) is 0 Å². The Morgan fingerprint density at radius 1 is 1.13 bits per heavy atom. The number of benzene rings is 2. The van der Waals surface area contributed by atoms with Gasteiger partial charge < -0.3 is 10.2 Å². The average Bonchev–Trinajstić information content (AvgIpc) is 2.56. The number of carbonyl (C=O) groups is 1. The van der Waals surface area contributed by atoms with Crippen LogP contribution in [0.2, 0.25) is 0 Å². The van der Waals surface area contributed by atoms with E-state index in [9.17, 15) is 4.79 Å². The molecule has 0 aliphatic heterocycles. The topological polar surface area (TPSA) is 32.3 Å². The van der Waals surface area contributed by atoms with Gasteiger partial charge in [0.15, 0.2) is 0 Å². The van der Waals surface area contributed by atoms with Crippen molar-refractivity contribution in [2.45, 2.75) is 31.3 Å². The Morgan fingerprint density at radius 2 is 1.78 bits per heavy atom. The molecule has 2 aromatic carbocycles. The summed E-state index contributed by atoms with van der Waals surface area (Å²) in [6.07, 6.45) is 0. The van der Waals surface area contributed by atoms with Gasteiger partial charge in [-0.15, -0.1) is 11.8 Å². The van der Waals surface area contributed by atoms with Gasteiger partial charge in [0.2, 0.25) is 0 Å². The van der Waals surface area contributed by atoms with Crippen LogP contribution in [0.3, 0.4) is 0 Å². The molecule has 0 radical (unpaired) electrons. The van der Waals surface area contributed by atoms with E-state index in [1.165, 1.54) is 4.90 Å². The van der Waals surface area contributed by atoms with Crippen LogP contribution >= 0.6 is 11.8 Å². The maximum absolute atomic E-state index is 12.3. The minimum atomic E-state index is -0.0617. The Kier molecular flexibility index (Phi) is 6.53. The molecule has 0 fully saturated rings. The maximum Gasteiger partial charge on any atom is 0.317 e. The Balaban J connectivity index is 1.90. The summed E-state index contributed by atoms with van der Waals surface area (Å²) in [4.78, 5) is 15.3. The van der Waals surface area contributed by atoms with Crippen LogP contribution in [-0.4, -0.2) is 23.7 Å². The van der Waals surface area contributed by atoms with Crippen molar-refractivity contribution in [3.63, 3.8) is 0 Å². The molecule has 0 aromatic heterocycles. The van der Waals surface area contributed by atoms with Gasteiger partial charge >= 0.3 is 6.03 Å². The van der Waals surface area contributed by atoms with E-state index in [0.717, 1.165) is 16.9 Å². The number of carbonyl (C=O) groups excluding carboxylic acids is 1. The van der Waals surface area contributed by atoms with E-state index < -0.39 is 0 Å². The van der Waals surface area contributed by atoms with Crippen LogP contribution in [-0.2, 0) is 6.54 Å². The lowest BCUT2D eigenvalue weighted by Gasteiger charge is -2.22. The molecule has 0 spiro atoms. The van der Waals surface area contributed by atoms with Gasteiger partial charge in [0, 0.05) is 18.5 Å². The first-order valence-electron chi connectivity index (χ1n) is 7.88. The second-order valence-corrected chi connectivity index (χ2v) is 6.85. The zero-order valence-electron chi connectivity index (χ0n) is 14.0. The highest BCUT2D eigenvalue weighted by atomic mass is 32.2. The van der Waals surface area contributed by atoms with E-state index in [4.69, 9.17) is 0 Å². The van der Waals surface area contributed by atoms with E-state index in [1.54, 1.807) is 4.90 Å². The van der Waals surface area contributed by atoms with Gasteiger partial charge in [0.1, 0.15) is 0 Å². The predicted octanol–water partition coefficient (Wildman–Crippen LogP) is 4.70. The fourth-order valence-corrected chi connectivity index (χ4v) is 2.99. The molecule has 4 heteroatoms. The molecular weight excluding hydrogens is 304 g/mol. The lowest BCUT2D eigenvalue weighted by Crippen LogP contribution is -2.38. The van der Waals surface area contributed by atoms with Crippen LogP contribution in [0.15, 0.2) is 59.5 Å². The summed E-state index contributed by atoms with van der Waals surface area (Å²) in [5.74, 6) is 1.07. The zero-order valence-corrected chi connectivity index (χ0v) is 14.8. The van der Waals surface area contributed by atoms with Crippen LogP contribution in [0.5, 0.6) is 0 Å². The van der Waals surface area contributed by atoms with Crippen LogP contribution in [0.25, 0.3) is 0 Å². The highest BCUT2D eigenvalue weighted by Crippen LogP contribution is 2.20. The van der Waals surface area contributed by atoms with Gasteiger partial charge in [-0.2, -0.15) is 0 Å². The number of thioether (sulfide) groups is 1. The Hall–Kier alpha value is -1.94. The number of hydrogen-bond donors (Lipinski definition) is 1. The SMILES string of the molecule is CCSc1ccc(C(C)NC(=O)N(C)Cc2ccccc2)cc1. The molecule has 1 unspecified atom stereocenters. The van der Waals surface area contributed by atoms with E-state index in [-0.39, 0.29) is 12.1 Å². The smallest absolute Gasteiger partial charge is 0.317 e. The number of amides is 2. The first kappa shape index (κ1) is 17.4. The first-order valence-corrected chi connectivity index (χ1v) is 8.87. The number of hydrogen-bond acceptors (Lipinski definition) is 2. The molecule has 0 aliphatic rings. The van der Waals surface area contributed by atoms with Gasteiger partial charge in [0.25, 0.3) is 0 Å².